The van der Waals surface area contributed by atoms with Crippen LogP contribution < -0.4 is 5.32 Å². The minimum Gasteiger partial charge on any atom is -0.307 e. The van der Waals surface area contributed by atoms with Gasteiger partial charge in [0.05, 0.1) is 0 Å². The number of hydrogen-bond donors (Lipinski definition) is 1. The van der Waals surface area contributed by atoms with Crippen LogP contribution in [0.3, 0.4) is 0 Å². The van der Waals surface area contributed by atoms with Crippen LogP contribution in [0.2, 0.25) is 0 Å². The monoisotopic (exact) mass is 257 g/mol. The van der Waals surface area contributed by atoms with E-state index >= 15 is 0 Å². The molecule has 0 amide bonds. The molecule has 1 aromatic carbocycles. The first-order valence-electron chi connectivity index (χ1n) is 8.10. The van der Waals surface area contributed by atoms with Gasteiger partial charge < -0.3 is 5.32 Å². The van der Waals surface area contributed by atoms with E-state index in [4.69, 9.17) is 0 Å². The van der Waals surface area contributed by atoms with Crippen LogP contribution in [-0.4, -0.2) is 6.04 Å². The summed E-state index contributed by atoms with van der Waals surface area (Å²) in [4.78, 5) is 0. The molecule has 0 aliphatic heterocycles. The van der Waals surface area contributed by atoms with Gasteiger partial charge in [-0.25, -0.2) is 0 Å². The summed E-state index contributed by atoms with van der Waals surface area (Å²) in [6, 6.07) is 8.39. The van der Waals surface area contributed by atoms with E-state index in [2.05, 4.69) is 37.4 Å². The third kappa shape index (κ3) is 3.02. The molecule has 19 heavy (non-hydrogen) atoms. The van der Waals surface area contributed by atoms with Crippen LogP contribution in [0.1, 0.15) is 68.7 Å². The van der Waals surface area contributed by atoms with Crippen LogP contribution >= 0.6 is 0 Å². The van der Waals surface area contributed by atoms with Gasteiger partial charge in [0.25, 0.3) is 0 Å². The lowest BCUT2D eigenvalue weighted by molar-refractivity contribution is 0.291. The normalized spacial score (nSPS) is 28.1. The van der Waals surface area contributed by atoms with Crippen molar-refractivity contribution in [1.29, 1.82) is 0 Å². The van der Waals surface area contributed by atoms with E-state index in [1.54, 1.807) is 11.1 Å². The first-order valence-corrected chi connectivity index (χ1v) is 8.10. The maximum Gasteiger partial charge on any atom is 0.0294 e. The Morgan fingerprint density at radius 1 is 1.05 bits per heavy atom. The first kappa shape index (κ1) is 13.2. The van der Waals surface area contributed by atoms with E-state index in [1.807, 2.05) is 0 Å². The maximum atomic E-state index is 3.85. The van der Waals surface area contributed by atoms with E-state index in [9.17, 15) is 0 Å². The second-order valence-electron chi connectivity index (χ2n) is 6.73. The zero-order chi connectivity index (χ0) is 13.2. The maximum absolute atomic E-state index is 3.85. The SMILES string of the molecule is CC1CCC(NC(C)c2ccc3c(c2)CCC3)CC1. The van der Waals surface area contributed by atoms with Crippen LogP contribution in [0.15, 0.2) is 18.2 Å². The van der Waals surface area contributed by atoms with Gasteiger partial charge in [0.15, 0.2) is 0 Å². The summed E-state index contributed by atoms with van der Waals surface area (Å²) >= 11 is 0. The lowest BCUT2D eigenvalue weighted by Gasteiger charge is -2.30. The molecule has 1 saturated carbocycles. The highest BCUT2D eigenvalue weighted by Crippen LogP contribution is 2.28. The van der Waals surface area contributed by atoms with Crippen molar-refractivity contribution in [2.24, 2.45) is 5.92 Å². The highest BCUT2D eigenvalue weighted by molar-refractivity contribution is 5.36. The Labute approximate surface area is 117 Å². The minimum atomic E-state index is 0.504. The second kappa shape index (κ2) is 5.66. The third-order valence-electron chi connectivity index (χ3n) is 5.12. The standard InChI is InChI=1S/C18H27N/c1-13-6-10-18(11-7-13)19-14(2)16-9-8-15-4-3-5-17(15)12-16/h8-9,12-14,18-19H,3-7,10-11H2,1-2H3. The van der Waals surface area contributed by atoms with Crippen molar-refractivity contribution < 1.29 is 0 Å². The molecule has 1 fully saturated rings. The summed E-state index contributed by atoms with van der Waals surface area (Å²) in [5.41, 5.74) is 4.67. The molecule has 104 valence electrons. The van der Waals surface area contributed by atoms with Crippen molar-refractivity contribution in [1.82, 2.24) is 5.32 Å². The zero-order valence-corrected chi connectivity index (χ0v) is 12.4. The molecule has 2 aliphatic carbocycles. The van der Waals surface area contributed by atoms with Gasteiger partial charge in [-0.2, -0.15) is 0 Å². The number of aryl methyl sites for hydroxylation is 2. The average Bonchev–Trinajstić information content (AvgIpc) is 2.88. The Morgan fingerprint density at radius 3 is 2.58 bits per heavy atom. The topological polar surface area (TPSA) is 12.0 Å². The molecule has 0 radical (unpaired) electrons. The van der Waals surface area contributed by atoms with Gasteiger partial charge >= 0.3 is 0 Å². The summed E-state index contributed by atoms with van der Waals surface area (Å²) in [7, 11) is 0. The summed E-state index contributed by atoms with van der Waals surface area (Å²) in [6.07, 6.45) is 9.44. The van der Waals surface area contributed by atoms with Gasteiger partial charge in [0.1, 0.15) is 0 Å². The largest absolute Gasteiger partial charge is 0.307 e. The highest BCUT2D eigenvalue weighted by atomic mass is 14.9. The molecule has 0 spiro atoms. The number of fused-ring (bicyclic) bond motifs is 1. The van der Waals surface area contributed by atoms with Crippen LogP contribution in [0.4, 0.5) is 0 Å². The van der Waals surface area contributed by atoms with Crippen molar-refractivity contribution in [2.75, 3.05) is 0 Å². The molecular formula is C18H27N. The molecule has 0 bridgehead atoms. The quantitative estimate of drug-likeness (QED) is 0.846. The van der Waals surface area contributed by atoms with Crippen molar-refractivity contribution >= 4 is 0 Å². The smallest absolute Gasteiger partial charge is 0.0294 e. The fraction of sp³-hybridized carbons (Fsp3) is 0.667. The van der Waals surface area contributed by atoms with Crippen molar-refractivity contribution in [3.8, 4) is 0 Å². The highest BCUT2D eigenvalue weighted by Gasteiger charge is 2.20. The van der Waals surface area contributed by atoms with Crippen LogP contribution in [0.5, 0.6) is 0 Å². The third-order valence-corrected chi connectivity index (χ3v) is 5.12. The van der Waals surface area contributed by atoms with E-state index in [0.29, 0.717) is 6.04 Å². The Bertz CT molecular complexity index is 429. The fourth-order valence-corrected chi connectivity index (χ4v) is 3.74. The molecule has 1 atom stereocenters. The molecule has 0 heterocycles. The molecule has 1 unspecified atom stereocenters. The van der Waals surface area contributed by atoms with Gasteiger partial charge in [0.2, 0.25) is 0 Å². The van der Waals surface area contributed by atoms with Gasteiger partial charge in [-0.3, -0.25) is 0 Å². The molecule has 1 N–H and O–H groups in total. The Balaban J connectivity index is 1.62. The number of nitrogens with one attached hydrogen (secondary N) is 1. The van der Waals surface area contributed by atoms with E-state index in [1.165, 1.54) is 50.5 Å². The van der Waals surface area contributed by atoms with Gasteiger partial charge in [-0.05, 0) is 74.5 Å². The zero-order valence-electron chi connectivity index (χ0n) is 12.4. The summed E-state index contributed by atoms with van der Waals surface area (Å²) in [5.74, 6) is 0.938. The van der Waals surface area contributed by atoms with Gasteiger partial charge in [0, 0.05) is 12.1 Å². The molecule has 0 saturated heterocycles. The molecule has 1 heteroatoms. The number of benzene rings is 1. The van der Waals surface area contributed by atoms with E-state index in [-0.39, 0.29) is 0 Å². The molecular weight excluding hydrogens is 230 g/mol. The Morgan fingerprint density at radius 2 is 1.79 bits per heavy atom. The summed E-state index contributed by atoms with van der Waals surface area (Å²) in [5, 5.41) is 3.85. The van der Waals surface area contributed by atoms with Gasteiger partial charge in [-0.1, -0.05) is 25.1 Å². The summed E-state index contributed by atoms with van der Waals surface area (Å²) in [6.45, 7) is 4.72. The van der Waals surface area contributed by atoms with Crippen molar-refractivity contribution in [2.45, 2.75) is 70.9 Å². The average molecular weight is 257 g/mol. The van der Waals surface area contributed by atoms with Crippen LogP contribution in [-0.2, 0) is 12.8 Å². The van der Waals surface area contributed by atoms with Crippen LogP contribution in [0.25, 0.3) is 0 Å². The Kier molecular flexibility index (Phi) is 3.93. The summed E-state index contributed by atoms with van der Waals surface area (Å²) < 4.78 is 0. The second-order valence-corrected chi connectivity index (χ2v) is 6.73. The predicted octanol–water partition coefficient (Wildman–Crippen LogP) is 4.40. The fourth-order valence-electron chi connectivity index (χ4n) is 3.74. The molecule has 2 aliphatic rings. The van der Waals surface area contributed by atoms with E-state index < -0.39 is 0 Å². The number of rotatable bonds is 3. The van der Waals surface area contributed by atoms with E-state index in [0.717, 1.165) is 12.0 Å². The lowest BCUT2D eigenvalue weighted by Crippen LogP contribution is -2.34. The lowest BCUT2D eigenvalue weighted by atomic mass is 9.87. The van der Waals surface area contributed by atoms with Crippen LogP contribution in [0, 0.1) is 5.92 Å². The van der Waals surface area contributed by atoms with Crippen molar-refractivity contribution in [3.63, 3.8) is 0 Å². The number of hydrogen-bond acceptors (Lipinski definition) is 1. The molecule has 3 rings (SSSR count). The molecule has 0 aromatic heterocycles. The molecule has 1 aromatic rings. The first-order chi connectivity index (χ1) is 9.22. The van der Waals surface area contributed by atoms with Crippen molar-refractivity contribution in [3.05, 3.63) is 34.9 Å². The molecule has 1 nitrogen and oxygen atoms in total. The predicted molar refractivity (Wildman–Crippen MR) is 81.4 cm³/mol. The van der Waals surface area contributed by atoms with Gasteiger partial charge in [-0.15, -0.1) is 0 Å². The minimum absolute atomic E-state index is 0.504. The Hall–Kier alpha value is -0.820.